The second-order valence-electron chi connectivity index (χ2n) is 7.51. The number of hydrogen-bond donors (Lipinski definition) is 3. The highest BCUT2D eigenvalue weighted by atomic mass is 16.5. The lowest BCUT2D eigenvalue weighted by Crippen LogP contribution is -3.19. The fourth-order valence-corrected chi connectivity index (χ4v) is 3.74. The third kappa shape index (κ3) is 6.00. The average molecular weight is 348 g/mol. The molecule has 0 aliphatic heterocycles. The summed E-state index contributed by atoms with van der Waals surface area (Å²) < 4.78 is 5.66. The predicted molar refractivity (Wildman–Crippen MR) is 97.5 cm³/mol. The van der Waals surface area contributed by atoms with Gasteiger partial charge in [-0.15, -0.1) is 0 Å². The molecule has 0 radical (unpaired) electrons. The van der Waals surface area contributed by atoms with Gasteiger partial charge in [-0.2, -0.15) is 5.26 Å². The maximum atomic E-state index is 10.2. The summed E-state index contributed by atoms with van der Waals surface area (Å²) in [7, 11) is 4.52. The highest BCUT2D eigenvalue weighted by Crippen LogP contribution is 2.24. The zero-order valence-corrected chi connectivity index (χ0v) is 15.6. The molecule has 1 aromatic rings. The van der Waals surface area contributed by atoms with Crippen LogP contribution < -0.4 is 15.0 Å². The van der Waals surface area contributed by atoms with Crippen LogP contribution in [-0.2, 0) is 6.42 Å². The van der Waals surface area contributed by atoms with Crippen LogP contribution in [0.4, 0.5) is 0 Å². The number of nitrogens with one attached hydrogen (secondary N) is 1. The molecule has 0 spiro atoms. The first-order chi connectivity index (χ1) is 12.1. The van der Waals surface area contributed by atoms with Crippen molar-refractivity contribution in [2.24, 2.45) is 0 Å². The molecule has 1 fully saturated rings. The number of nitrogens with two attached hydrogens (primary N) is 1. The van der Waals surface area contributed by atoms with E-state index < -0.39 is 6.10 Å². The van der Waals surface area contributed by atoms with Crippen molar-refractivity contribution in [1.82, 2.24) is 0 Å². The van der Waals surface area contributed by atoms with Gasteiger partial charge in [0.15, 0.2) is 0 Å². The number of likely N-dealkylation sites (N-methyl/N-ethyl adjacent to an activating group) is 1. The third-order valence-corrected chi connectivity index (χ3v) is 5.49. The zero-order valence-electron chi connectivity index (χ0n) is 15.6. The molecule has 0 amide bonds. The molecule has 25 heavy (non-hydrogen) atoms. The van der Waals surface area contributed by atoms with Crippen molar-refractivity contribution in [3.8, 4) is 11.8 Å². The van der Waals surface area contributed by atoms with Gasteiger partial charge in [0.05, 0.1) is 26.6 Å². The molecule has 0 unspecified atom stereocenters. The monoisotopic (exact) mass is 347 g/mol. The standard InChI is InChI=1S/C20H31N3O2/c1-23(2)20(11-4-3-5-12-20)16-22-14-18(24)15-25-19-8-6-17(7-9-19)10-13-21/h6-9,18,22,24H,3-5,10-12,14-16H2,1-2H3/p+2/t18-/m0/s1. The summed E-state index contributed by atoms with van der Waals surface area (Å²) in [4.78, 5) is 1.53. The molecule has 0 aromatic heterocycles. The lowest BCUT2D eigenvalue weighted by atomic mass is 9.80. The van der Waals surface area contributed by atoms with E-state index in [1.807, 2.05) is 24.3 Å². The first-order valence-corrected chi connectivity index (χ1v) is 9.45. The van der Waals surface area contributed by atoms with Crippen molar-refractivity contribution >= 4 is 0 Å². The fraction of sp³-hybridized carbons (Fsp3) is 0.650. The van der Waals surface area contributed by atoms with Crippen molar-refractivity contribution < 1.29 is 20.1 Å². The normalized spacial score (nSPS) is 17.9. The van der Waals surface area contributed by atoms with Crippen molar-refractivity contribution in [2.75, 3.05) is 33.8 Å². The van der Waals surface area contributed by atoms with E-state index >= 15 is 0 Å². The van der Waals surface area contributed by atoms with Crippen LogP contribution in [0, 0.1) is 11.3 Å². The summed E-state index contributed by atoms with van der Waals surface area (Å²) >= 11 is 0. The largest absolute Gasteiger partial charge is 0.491 e. The molecule has 1 atom stereocenters. The van der Waals surface area contributed by atoms with Crippen molar-refractivity contribution in [2.45, 2.75) is 50.2 Å². The minimum Gasteiger partial charge on any atom is -0.491 e. The Bertz CT molecular complexity index is 545. The summed E-state index contributed by atoms with van der Waals surface area (Å²) in [5.41, 5.74) is 1.34. The van der Waals surface area contributed by atoms with Crippen LogP contribution in [0.3, 0.4) is 0 Å². The molecule has 5 nitrogen and oxygen atoms in total. The number of nitriles is 1. The van der Waals surface area contributed by atoms with Gasteiger partial charge in [-0.05, 0) is 30.5 Å². The smallest absolute Gasteiger partial charge is 0.146 e. The number of rotatable bonds is 9. The second-order valence-corrected chi connectivity index (χ2v) is 7.51. The third-order valence-electron chi connectivity index (χ3n) is 5.49. The lowest BCUT2D eigenvalue weighted by molar-refractivity contribution is -0.934. The van der Waals surface area contributed by atoms with Gasteiger partial charge >= 0.3 is 0 Å². The van der Waals surface area contributed by atoms with Crippen LogP contribution in [0.1, 0.15) is 37.7 Å². The molecule has 138 valence electrons. The van der Waals surface area contributed by atoms with Crippen LogP contribution in [0.15, 0.2) is 24.3 Å². The number of hydrogen-bond acceptors (Lipinski definition) is 3. The molecule has 4 N–H and O–H groups in total. The van der Waals surface area contributed by atoms with E-state index in [-0.39, 0.29) is 0 Å². The van der Waals surface area contributed by atoms with Gasteiger partial charge < -0.3 is 20.1 Å². The van der Waals surface area contributed by atoms with Gasteiger partial charge in [0, 0.05) is 12.8 Å². The summed E-state index contributed by atoms with van der Waals surface area (Å²) in [6, 6.07) is 9.63. The molecule has 0 heterocycles. The highest BCUT2D eigenvalue weighted by Gasteiger charge is 2.39. The van der Waals surface area contributed by atoms with Gasteiger partial charge in [-0.25, -0.2) is 0 Å². The minimum absolute atomic E-state index is 0.302. The Labute approximate surface area is 151 Å². The van der Waals surface area contributed by atoms with Crippen LogP contribution >= 0.6 is 0 Å². The Kier molecular flexibility index (Phi) is 7.70. The Morgan fingerprint density at radius 3 is 2.52 bits per heavy atom. The SMILES string of the molecule is C[NH+](C)C1(C[NH2+]C[C@H](O)COc2ccc(CC#N)cc2)CCCCC1. The summed E-state index contributed by atoms with van der Waals surface area (Å²) in [6.45, 7) is 2.03. The number of nitrogens with zero attached hydrogens (tertiary/aromatic N) is 1. The Morgan fingerprint density at radius 1 is 1.24 bits per heavy atom. The van der Waals surface area contributed by atoms with E-state index in [2.05, 4.69) is 25.5 Å². The Hall–Kier alpha value is -1.61. The topological polar surface area (TPSA) is 74.3 Å². The van der Waals surface area contributed by atoms with Crippen LogP contribution in [0.25, 0.3) is 0 Å². The minimum atomic E-state index is -0.475. The van der Waals surface area contributed by atoms with Crippen LogP contribution in [0.5, 0.6) is 5.75 Å². The predicted octanol–water partition coefficient (Wildman–Crippen LogP) is -0.0968. The summed E-state index contributed by atoms with van der Waals surface area (Å²) in [5, 5.41) is 21.1. The van der Waals surface area contributed by atoms with E-state index in [0.29, 0.717) is 25.1 Å². The molecule has 1 aromatic carbocycles. The van der Waals surface area contributed by atoms with E-state index in [0.717, 1.165) is 17.9 Å². The van der Waals surface area contributed by atoms with Gasteiger partial charge in [0.2, 0.25) is 0 Å². The molecule has 0 bridgehead atoms. The molecule has 0 saturated heterocycles. The fourth-order valence-electron chi connectivity index (χ4n) is 3.74. The lowest BCUT2D eigenvalue weighted by Gasteiger charge is -2.38. The molecule has 5 heteroatoms. The maximum Gasteiger partial charge on any atom is 0.146 e. The molecular weight excluding hydrogens is 314 g/mol. The number of quaternary nitrogens is 2. The summed E-state index contributed by atoms with van der Waals surface area (Å²) in [5.74, 6) is 0.738. The zero-order chi connectivity index (χ0) is 18.1. The number of aliphatic hydroxyl groups is 1. The molecular formula is C20H33N3O2+2. The quantitative estimate of drug-likeness (QED) is 0.584. The van der Waals surface area contributed by atoms with E-state index in [9.17, 15) is 5.11 Å². The highest BCUT2D eigenvalue weighted by molar-refractivity contribution is 5.28. The van der Waals surface area contributed by atoms with E-state index in [1.54, 1.807) is 0 Å². The first kappa shape index (κ1) is 19.7. The molecule has 1 saturated carbocycles. The van der Waals surface area contributed by atoms with Crippen molar-refractivity contribution in [3.05, 3.63) is 29.8 Å². The number of ether oxygens (including phenoxy) is 1. The van der Waals surface area contributed by atoms with Gasteiger partial charge in [-0.3, -0.25) is 0 Å². The van der Waals surface area contributed by atoms with Crippen molar-refractivity contribution in [3.63, 3.8) is 0 Å². The second kappa shape index (κ2) is 9.76. The van der Waals surface area contributed by atoms with E-state index in [1.165, 1.54) is 37.0 Å². The first-order valence-electron chi connectivity index (χ1n) is 9.45. The average Bonchev–Trinajstić information content (AvgIpc) is 2.62. The molecule has 1 aliphatic carbocycles. The van der Waals surface area contributed by atoms with Crippen LogP contribution in [0.2, 0.25) is 0 Å². The van der Waals surface area contributed by atoms with Gasteiger partial charge in [0.25, 0.3) is 0 Å². The number of aliphatic hydroxyl groups excluding tert-OH is 1. The Morgan fingerprint density at radius 2 is 1.92 bits per heavy atom. The van der Waals surface area contributed by atoms with E-state index in [4.69, 9.17) is 10.00 Å². The van der Waals surface area contributed by atoms with Crippen LogP contribution in [-0.4, -0.2) is 50.5 Å². The van der Waals surface area contributed by atoms with Crippen molar-refractivity contribution in [1.29, 1.82) is 5.26 Å². The number of benzene rings is 1. The van der Waals surface area contributed by atoms with Gasteiger partial charge in [-0.1, -0.05) is 18.6 Å². The Balaban J connectivity index is 1.71. The molecule has 1 aliphatic rings. The maximum absolute atomic E-state index is 10.2. The summed E-state index contributed by atoms with van der Waals surface area (Å²) in [6.07, 6.45) is 6.52. The van der Waals surface area contributed by atoms with Gasteiger partial charge in [0.1, 0.15) is 37.1 Å². The molecule has 2 rings (SSSR count).